The largest absolute Gasteiger partial charge is 0.326 e. The van der Waals surface area contributed by atoms with Crippen molar-refractivity contribution in [3.8, 4) is 0 Å². The number of amides is 1. The van der Waals surface area contributed by atoms with Crippen LogP contribution >= 0.6 is 0 Å². The number of carbonyl (C=O) groups excluding carboxylic acids is 1. The zero-order chi connectivity index (χ0) is 17.9. The molecule has 1 fully saturated rings. The Hall–Kier alpha value is -2.18. The zero-order valence-electron chi connectivity index (χ0n) is 14.1. The van der Waals surface area contributed by atoms with Crippen molar-refractivity contribution in [3.63, 3.8) is 0 Å². The second-order valence-electron chi connectivity index (χ2n) is 6.43. The van der Waals surface area contributed by atoms with E-state index in [1.54, 1.807) is 54.6 Å². The van der Waals surface area contributed by atoms with Gasteiger partial charge in [0.2, 0.25) is 5.91 Å². The van der Waals surface area contributed by atoms with Gasteiger partial charge in [0, 0.05) is 11.6 Å². The average Bonchev–Trinajstić information content (AvgIpc) is 2.55. The Balaban J connectivity index is 1.78. The molecule has 1 heterocycles. The van der Waals surface area contributed by atoms with Gasteiger partial charge in [-0.25, -0.2) is 8.42 Å². The van der Waals surface area contributed by atoms with Gasteiger partial charge in [0.05, 0.1) is 10.6 Å². The van der Waals surface area contributed by atoms with Crippen LogP contribution in [0.3, 0.4) is 0 Å². The van der Waals surface area contributed by atoms with Gasteiger partial charge in [0.1, 0.15) is 0 Å². The standard InChI is InChI=1S/C19H22N2O3S/c1-14(16-11-20-12-16)19(22)21-18-10-6-5-7-15(18)13-25(23,24)17-8-3-2-4-9-17/h2-10,14,16,20H,11-13H2,1H3,(H,21,22). The van der Waals surface area contributed by atoms with Crippen LogP contribution in [0.15, 0.2) is 59.5 Å². The maximum Gasteiger partial charge on any atom is 0.227 e. The van der Waals surface area contributed by atoms with E-state index in [2.05, 4.69) is 10.6 Å². The molecule has 0 bridgehead atoms. The Kier molecular flexibility index (Phi) is 5.20. The molecule has 1 aliphatic heterocycles. The molecule has 1 aliphatic rings. The van der Waals surface area contributed by atoms with Crippen LogP contribution in [0, 0.1) is 11.8 Å². The maximum absolute atomic E-state index is 12.6. The normalized spacial score (nSPS) is 16.0. The first-order valence-corrected chi connectivity index (χ1v) is 10.00. The molecule has 0 aromatic heterocycles. The van der Waals surface area contributed by atoms with Gasteiger partial charge in [0.25, 0.3) is 0 Å². The van der Waals surface area contributed by atoms with E-state index in [1.807, 2.05) is 6.92 Å². The van der Waals surface area contributed by atoms with E-state index >= 15 is 0 Å². The third-order valence-corrected chi connectivity index (χ3v) is 6.34. The summed E-state index contributed by atoms with van der Waals surface area (Å²) in [4.78, 5) is 12.7. The number of benzene rings is 2. The molecule has 0 radical (unpaired) electrons. The molecule has 2 aromatic carbocycles. The molecule has 6 heteroatoms. The Morgan fingerprint density at radius 2 is 1.76 bits per heavy atom. The van der Waals surface area contributed by atoms with Crippen molar-refractivity contribution in [3.05, 3.63) is 60.2 Å². The summed E-state index contributed by atoms with van der Waals surface area (Å²) < 4.78 is 25.2. The lowest BCUT2D eigenvalue weighted by atomic mass is 9.88. The smallest absolute Gasteiger partial charge is 0.227 e. The van der Waals surface area contributed by atoms with Crippen LogP contribution in [0.25, 0.3) is 0 Å². The molecule has 2 N–H and O–H groups in total. The number of nitrogens with one attached hydrogen (secondary N) is 2. The number of para-hydroxylation sites is 1. The summed E-state index contributed by atoms with van der Waals surface area (Å²) in [6.07, 6.45) is 0. The minimum atomic E-state index is -3.46. The minimum absolute atomic E-state index is 0.0731. The van der Waals surface area contributed by atoms with Crippen molar-refractivity contribution < 1.29 is 13.2 Å². The number of sulfone groups is 1. The SMILES string of the molecule is CC(C(=O)Nc1ccccc1CS(=O)(=O)c1ccccc1)C1CNC1. The van der Waals surface area contributed by atoms with Gasteiger partial charge < -0.3 is 10.6 Å². The molecule has 1 amide bonds. The summed E-state index contributed by atoms with van der Waals surface area (Å²) >= 11 is 0. The van der Waals surface area contributed by atoms with Crippen LogP contribution < -0.4 is 10.6 Å². The predicted molar refractivity (Wildman–Crippen MR) is 97.9 cm³/mol. The van der Waals surface area contributed by atoms with Crippen molar-refractivity contribution in [1.82, 2.24) is 5.32 Å². The summed E-state index contributed by atoms with van der Waals surface area (Å²) in [5.41, 5.74) is 1.16. The molecule has 3 rings (SSSR count). The first kappa shape index (κ1) is 17.6. The van der Waals surface area contributed by atoms with E-state index in [4.69, 9.17) is 0 Å². The summed E-state index contributed by atoms with van der Waals surface area (Å²) in [7, 11) is -3.46. The van der Waals surface area contributed by atoms with Gasteiger partial charge in [-0.15, -0.1) is 0 Å². The number of rotatable bonds is 6. The molecule has 1 unspecified atom stereocenters. The van der Waals surface area contributed by atoms with Crippen LogP contribution in [0.5, 0.6) is 0 Å². The number of hydrogen-bond acceptors (Lipinski definition) is 4. The summed E-state index contributed by atoms with van der Waals surface area (Å²) in [5, 5.41) is 6.06. The molecule has 1 atom stereocenters. The molecule has 25 heavy (non-hydrogen) atoms. The second-order valence-corrected chi connectivity index (χ2v) is 8.42. The maximum atomic E-state index is 12.6. The van der Waals surface area contributed by atoms with Crippen molar-refractivity contribution in [2.45, 2.75) is 17.6 Å². The van der Waals surface area contributed by atoms with Gasteiger partial charge in [-0.2, -0.15) is 0 Å². The summed E-state index contributed by atoms with van der Waals surface area (Å²) in [6, 6.07) is 15.4. The second kappa shape index (κ2) is 7.37. The highest BCUT2D eigenvalue weighted by Gasteiger charge is 2.29. The highest BCUT2D eigenvalue weighted by atomic mass is 32.2. The van der Waals surface area contributed by atoms with E-state index in [-0.39, 0.29) is 22.5 Å². The van der Waals surface area contributed by atoms with Crippen molar-refractivity contribution in [2.75, 3.05) is 18.4 Å². The Morgan fingerprint density at radius 3 is 2.40 bits per heavy atom. The third kappa shape index (κ3) is 4.08. The van der Waals surface area contributed by atoms with Crippen molar-refractivity contribution >= 4 is 21.4 Å². The van der Waals surface area contributed by atoms with Gasteiger partial charge in [-0.05, 0) is 42.8 Å². The minimum Gasteiger partial charge on any atom is -0.326 e. The highest BCUT2D eigenvalue weighted by molar-refractivity contribution is 7.90. The molecule has 2 aromatic rings. The van der Waals surface area contributed by atoms with Crippen molar-refractivity contribution in [2.24, 2.45) is 11.8 Å². The fourth-order valence-electron chi connectivity index (χ4n) is 2.81. The van der Waals surface area contributed by atoms with Gasteiger partial charge in [0.15, 0.2) is 9.84 Å². The van der Waals surface area contributed by atoms with Crippen LogP contribution in [0.4, 0.5) is 5.69 Å². The van der Waals surface area contributed by atoms with Gasteiger partial charge in [-0.1, -0.05) is 43.3 Å². The van der Waals surface area contributed by atoms with Gasteiger partial charge >= 0.3 is 0 Å². The molecular weight excluding hydrogens is 336 g/mol. The fourth-order valence-corrected chi connectivity index (χ4v) is 4.21. The summed E-state index contributed by atoms with van der Waals surface area (Å²) in [5.74, 6) is 0.00336. The quantitative estimate of drug-likeness (QED) is 0.832. The van der Waals surface area contributed by atoms with E-state index in [1.165, 1.54) is 0 Å². The van der Waals surface area contributed by atoms with E-state index in [9.17, 15) is 13.2 Å². The molecule has 1 saturated heterocycles. The zero-order valence-corrected chi connectivity index (χ0v) is 14.9. The van der Waals surface area contributed by atoms with Crippen LogP contribution in [-0.4, -0.2) is 27.4 Å². The average molecular weight is 358 g/mol. The topological polar surface area (TPSA) is 75.3 Å². The van der Waals surface area contributed by atoms with Crippen molar-refractivity contribution in [1.29, 1.82) is 0 Å². The third-order valence-electron chi connectivity index (χ3n) is 4.66. The van der Waals surface area contributed by atoms with E-state index in [0.717, 1.165) is 13.1 Å². The highest BCUT2D eigenvalue weighted by Crippen LogP contribution is 2.24. The summed E-state index contributed by atoms with van der Waals surface area (Å²) in [6.45, 7) is 3.60. The van der Waals surface area contributed by atoms with Crippen LogP contribution in [0.1, 0.15) is 12.5 Å². The number of hydrogen-bond donors (Lipinski definition) is 2. The lowest BCUT2D eigenvalue weighted by molar-refractivity contribution is -0.121. The molecular formula is C19H22N2O3S. The molecule has 132 valence electrons. The number of carbonyl (C=O) groups is 1. The monoisotopic (exact) mass is 358 g/mol. The Labute approximate surface area is 148 Å². The fraction of sp³-hybridized carbons (Fsp3) is 0.316. The lowest BCUT2D eigenvalue weighted by Crippen LogP contribution is -2.48. The first-order chi connectivity index (χ1) is 12.0. The van der Waals surface area contributed by atoms with Crippen LogP contribution in [0.2, 0.25) is 0 Å². The Morgan fingerprint density at radius 1 is 1.12 bits per heavy atom. The number of anilines is 1. The lowest BCUT2D eigenvalue weighted by Gasteiger charge is -2.31. The first-order valence-electron chi connectivity index (χ1n) is 8.34. The predicted octanol–water partition coefficient (Wildman–Crippen LogP) is 2.45. The molecule has 5 nitrogen and oxygen atoms in total. The van der Waals surface area contributed by atoms with Crippen LogP contribution in [-0.2, 0) is 20.4 Å². The molecule has 0 aliphatic carbocycles. The Bertz CT molecular complexity index is 846. The molecule has 0 saturated carbocycles. The van der Waals surface area contributed by atoms with E-state index < -0.39 is 9.84 Å². The van der Waals surface area contributed by atoms with Gasteiger partial charge in [-0.3, -0.25) is 4.79 Å². The molecule has 0 spiro atoms. The van der Waals surface area contributed by atoms with E-state index in [0.29, 0.717) is 17.2 Å².